The predicted molar refractivity (Wildman–Crippen MR) is 117 cm³/mol. The quantitative estimate of drug-likeness (QED) is 0.113. The maximum Gasteiger partial charge on any atom is 0.410 e. The van der Waals surface area contributed by atoms with E-state index < -0.39 is 17.7 Å². The van der Waals surface area contributed by atoms with Gasteiger partial charge < -0.3 is 23.8 Å². The van der Waals surface area contributed by atoms with E-state index in [1.54, 1.807) is 17.0 Å². The molecule has 0 aromatic heterocycles. The van der Waals surface area contributed by atoms with Crippen molar-refractivity contribution < 1.29 is 28.5 Å². The third-order valence-corrected chi connectivity index (χ3v) is 3.95. The second-order valence-corrected chi connectivity index (χ2v) is 7.55. The molecule has 0 fully saturated rings. The van der Waals surface area contributed by atoms with E-state index in [4.69, 9.17) is 24.3 Å². The van der Waals surface area contributed by atoms with Crippen LogP contribution in [0.2, 0.25) is 6.32 Å². The Morgan fingerprint density at radius 2 is 1.83 bits per heavy atom. The Balaban J connectivity index is 2.90. The normalized spacial score (nSPS) is 11.3. The average molecular weight is 418 g/mol. The number of hydrogen-bond donors (Lipinski definition) is 1. The molecule has 0 aliphatic carbocycles. The van der Waals surface area contributed by atoms with Crippen LogP contribution in [0.5, 0.6) is 0 Å². The van der Waals surface area contributed by atoms with Crippen LogP contribution in [-0.2, 0) is 30.2 Å². The van der Waals surface area contributed by atoms with E-state index >= 15 is 0 Å². The number of esters is 1. The molecule has 1 N–H and O–H groups in total. The summed E-state index contributed by atoms with van der Waals surface area (Å²) >= 11 is 0. The topological polar surface area (TPSA) is 98.1 Å². The molecule has 164 valence electrons. The number of hydrogen-bond acceptors (Lipinski definition) is 7. The van der Waals surface area contributed by atoms with Crippen LogP contribution in [0, 0.1) is 5.41 Å². The first kappa shape index (κ1) is 25.1. The van der Waals surface area contributed by atoms with Crippen molar-refractivity contribution in [3.63, 3.8) is 0 Å². The number of methoxy groups -OCH3 is 2. The second kappa shape index (κ2) is 12.6. The molecular weight excluding hydrogens is 387 g/mol. The number of rotatable bonds is 11. The summed E-state index contributed by atoms with van der Waals surface area (Å²) in [6, 6.07) is 7.25. The lowest BCUT2D eigenvalue weighted by Crippen LogP contribution is -2.37. The zero-order chi connectivity index (χ0) is 22.6. The zero-order valence-electron chi connectivity index (χ0n) is 18.4. The molecule has 0 aliphatic rings. The third-order valence-electron chi connectivity index (χ3n) is 3.95. The first-order chi connectivity index (χ1) is 14.2. The summed E-state index contributed by atoms with van der Waals surface area (Å²) in [4.78, 5) is 26.2. The second-order valence-electron chi connectivity index (χ2n) is 7.55. The van der Waals surface area contributed by atoms with E-state index in [2.05, 4.69) is 0 Å². The monoisotopic (exact) mass is 418 g/mol. The molecule has 0 heterocycles. The Morgan fingerprint density at radius 1 is 1.17 bits per heavy atom. The van der Waals surface area contributed by atoms with E-state index in [9.17, 15) is 9.59 Å². The fraction of sp³-hybridized carbons (Fsp3) is 0.476. The van der Waals surface area contributed by atoms with Gasteiger partial charge in [0.25, 0.3) is 0 Å². The van der Waals surface area contributed by atoms with Crippen molar-refractivity contribution in [1.82, 2.24) is 4.90 Å². The Labute approximate surface area is 178 Å². The molecule has 0 aliphatic heterocycles. The molecule has 1 aromatic rings. The zero-order valence-corrected chi connectivity index (χ0v) is 18.4. The predicted octanol–water partition coefficient (Wildman–Crippen LogP) is 3.37. The lowest BCUT2D eigenvalue weighted by molar-refractivity contribution is -0.133. The van der Waals surface area contributed by atoms with Gasteiger partial charge in [-0.25, -0.2) is 9.59 Å². The van der Waals surface area contributed by atoms with Crippen LogP contribution in [-0.4, -0.2) is 57.2 Å². The van der Waals surface area contributed by atoms with Gasteiger partial charge in [0.2, 0.25) is 0 Å². The van der Waals surface area contributed by atoms with E-state index in [1.807, 2.05) is 32.9 Å². The van der Waals surface area contributed by atoms with Crippen LogP contribution in [0.25, 0.3) is 5.57 Å². The van der Waals surface area contributed by atoms with Gasteiger partial charge in [0, 0.05) is 13.1 Å². The Hall–Kier alpha value is -2.97. The smallest absolute Gasteiger partial charge is 0.410 e. The van der Waals surface area contributed by atoms with Crippen molar-refractivity contribution in [3.05, 3.63) is 41.7 Å². The summed E-state index contributed by atoms with van der Waals surface area (Å²) in [5.74, 6) is -0.493. The molecule has 1 amide bonds. The van der Waals surface area contributed by atoms with Crippen molar-refractivity contribution >= 4 is 31.5 Å². The molecule has 1 rings (SSSR count). The molecule has 1 aromatic carbocycles. The number of carbonyl (C=O) groups excluding carboxylic acids is 2. The number of nitrogens with zero attached hydrogens (tertiary/aromatic N) is 1. The minimum atomic E-state index is -0.594. The van der Waals surface area contributed by atoms with Crippen LogP contribution >= 0.6 is 0 Å². The number of ether oxygens (including phenoxy) is 3. The molecule has 0 unspecified atom stereocenters. The van der Waals surface area contributed by atoms with Gasteiger partial charge in [0.15, 0.2) is 0 Å². The van der Waals surface area contributed by atoms with Crippen molar-refractivity contribution in [2.24, 2.45) is 0 Å². The largest absolute Gasteiger partial charge is 0.557 e. The SMILES string of the molecule is CO/C=C(/C(=O)OC)c1ccc(CN(CCCBOC=N)C(=O)OC(C)(C)C)cc1. The molecule has 0 saturated carbocycles. The minimum absolute atomic E-state index is 0.307. The summed E-state index contributed by atoms with van der Waals surface area (Å²) in [7, 11) is 3.21. The molecule has 0 spiro atoms. The molecule has 8 nitrogen and oxygen atoms in total. The molecular formula is C21H31BN2O6. The molecule has 30 heavy (non-hydrogen) atoms. The Bertz CT molecular complexity index is 728. The van der Waals surface area contributed by atoms with Crippen LogP contribution in [0.4, 0.5) is 4.79 Å². The number of carbonyl (C=O) groups is 2. The highest BCUT2D eigenvalue weighted by Gasteiger charge is 2.22. The van der Waals surface area contributed by atoms with Gasteiger partial charge in [-0.2, -0.15) is 0 Å². The average Bonchev–Trinajstić information content (AvgIpc) is 2.69. The van der Waals surface area contributed by atoms with Gasteiger partial charge >= 0.3 is 19.5 Å². The first-order valence-electron chi connectivity index (χ1n) is 9.71. The summed E-state index contributed by atoms with van der Waals surface area (Å²) in [5.41, 5.74) is 1.26. The Morgan fingerprint density at radius 3 is 2.37 bits per heavy atom. The van der Waals surface area contributed by atoms with Crippen molar-refractivity contribution in [2.45, 2.75) is 45.7 Å². The molecule has 0 saturated heterocycles. The lowest BCUT2D eigenvalue weighted by Gasteiger charge is -2.27. The van der Waals surface area contributed by atoms with Gasteiger partial charge in [-0.3, -0.25) is 5.41 Å². The van der Waals surface area contributed by atoms with Crippen molar-refractivity contribution in [3.8, 4) is 0 Å². The fourth-order valence-electron chi connectivity index (χ4n) is 2.58. The third kappa shape index (κ3) is 9.02. The Kier molecular flexibility index (Phi) is 10.5. The van der Waals surface area contributed by atoms with Crippen LogP contribution in [0.3, 0.4) is 0 Å². The number of benzene rings is 1. The summed E-state index contributed by atoms with van der Waals surface area (Å²) < 4.78 is 20.2. The van der Waals surface area contributed by atoms with Gasteiger partial charge in [0.05, 0.1) is 20.5 Å². The number of nitrogens with one attached hydrogen (secondary N) is 1. The van der Waals surface area contributed by atoms with Crippen molar-refractivity contribution in [1.29, 1.82) is 5.41 Å². The van der Waals surface area contributed by atoms with Gasteiger partial charge in [-0.1, -0.05) is 24.3 Å². The van der Waals surface area contributed by atoms with E-state index in [-0.39, 0.29) is 0 Å². The standard InChI is InChI=1S/C21H31BN2O6/c1-21(2,3)30-20(26)24(12-6-11-22-29-15-23)13-16-7-9-17(10-8-16)18(14-27-4)19(25)28-5/h7-10,14-15,22-23H,6,11-13H2,1-5H3/b18-14+,23-15?. The van der Waals surface area contributed by atoms with Crippen molar-refractivity contribution in [2.75, 3.05) is 20.8 Å². The molecule has 0 radical (unpaired) electrons. The molecule has 0 atom stereocenters. The molecule has 9 heteroatoms. The van der Waals surface area contributed by atoms with E-state index in [0.717, 1.165) is 18.3 Å². The summed E-state index contributed by atoms with van der Waals surface area (Å²) in [6.07, 6.45) is 3.29. The van der Waals surface area contributed by atoms with Crippen LogP contribution < -0.4 is 0 Å². The highest BCUT2D eigenvalue weighted by molar-refractivity contribution is 6.29. The molecule has 0 bridgehead atoms. The van der Waals surface area contributed by atoms with Gasteiger partial charge in [-0.15, -0.1) is 0 Å². The first-order valence-corrected chi connectivity index (χ1v) is 9.71. The lowest BCUT2D eigenvalue weighted by atomic mass is 9.93. The minimum Gasteiger partial charge on any atom is -0.557 e. The van der Waals surface area contributed by atoms with Gasteiger partial charge in [0.1, 0.15) is 17.6 Å². The van der Waals surface area contributed by atoms with E-state index in [0.29, 0.717) is 38.1 Å². The highest BCUT2D eigenvalue weighted by atomic mass is 16.6. The maximum absolute atomic E-state index is 12.6. The van der Waals surface area contributed by atoms with Gasteiger partial charge in [-0.05, 0) is 44.6 Å². The summed E-state index contributed by atoms with van der Waals surface area (Å²) in [5, 5.41) is 6.88. The number of amides is 1. The summed E-state index contributed by atoms with van der Waals surface area (Å²) in [6.45, 7) is 6.34. The van der Waals surface area contributed by atoms with E-state index in [1.165, 1.54) is 20.5 Å². The van der Waals surface area contributed by atoms with Crippen LogP contribution in [0.1, 0.15) is 38.3 Å². The van der Waals surface area contributed by atoms with Crippen LogP contribution in [0.15, 0.2) is 30.5 Å². The highest BCUT2D eigenvalue weighted by Crippen LogP contribution is 2.19. The maximum atomic E-state index is 12.6. The fourth-order valence-corrected chi connectivity index (χ4v) is 2.58.